The summed E-state index contributed by atoms with van der Waals surface area (Å²) in [6, 6.07) is 9.41. The van der Waals surface area contributed by atoms with Gasteiger partial charge in [0.1, 0.15) is 5.75 Å². The fraction of sp³-hybridized carbons (Fsp3) is 0.600. The van der Waals surface area contributed by atoms with Gasteiger partial charge < -0.3 is 15.0 Å². The number of hydrogen-bond donors (Lipinski definition) is 1. The first-order valence-corrected chi connectivity index (χ1v) is 6.78. The Morgan fingerprint density at radius 2 is 2.11 bits per heavy atom. The van der Waals surface area contributed by atoms with Crippen molar-refractivity contribution in [1.29, 1.82) is 0 Å². The van der Waals surface area contributed by atoms with E-state index in [1.165, 1.54) is 24.9 Å². The largest absolute Gasteiger partial charge is 0.497 e. The summed E-state index contributed by atoms with van der Waals surface area (Å²) in [4.78, 5) is 2.45. The Balaban J connectivity index is 1.84. The van der Waals surface area contributed by atoms with E-state index in [0.717, 1.165) is 12.3 Å². The van der Waals surface area contributed by atoms with Crippen LogP contribution in [0.25, 0.3) is 0 Å². The highest BCUT2D eigenvalue weighted by molar-refractivity contribution is 5.28. The van der Waals surface area contributed by atoms with Crippen LogP contribution in [0.4, 0.5) is 0 Å². The molecule has 0 amide bonds. The summed E-state index contributed by atoms with van der Waals surface area (Å²) in [5.74, 6) is 0.918. The molecule has 1 aliphatic heterocycles. The van der Waals surface area contributed by atoms with Crippen molar-refractivity contribution in [3.05, 3.63) is 29.8 Å². The zero-order valence-electron chi connectivity index (χ0n) is 11.6. The number of nitrogens with zero attached hydrogens (tertiary/aromatic N) is 1. The minimum atomic E-state index is 0.393. The first kappa shape index (κ1) is 13.4. The first-order valence-electron chi connectivity index (χ1n) is 6.78. The molecule has 0 aliphatic carbocycles. The number of benzene rings is 1. The van der Waals surface area contributed by atoms with E-state index in [2.05, 4.69) is 36.3 Å². The zero-order valence-corrected chi connectivity index (χ0v) is 11.6. The number of likely N-dealkylation sites (N-methyl/N-ethyl adjacent to an activating group) is 1. The van der Waals surface area contributed by atoms with E-state index in [1.807, 2.05) is 12.1 Å². The third kappa shape index (κ3) is 3.24. The van der Waals surface area contributed by atoms with Gasteiger partial charge in [0.25, 0.3) is 0 Å². The van der Waals surface area contributed by atoms with Crippen molar-refractivity contribution in [2.24, 2.45) is 0 Å². The molecule has 3 nitrogen and oxygen atoms in total. The van der Waals surface area contributed by atoms with E-state index >= 15 is 0 Å². The number of rotatable bonds is 5. The first-order chi connectivity index (χ1) is 8.70. The van der Waals surface area contributed by atoms with Crippen LogP contribution >= 0.6 is 0 Å². The van der Waals surface area contributed by atoms with Crippen molar-refractivity contribution < 1.29 is 4.74 Å². The van der Waals surface area contributed by atoms with Crippen LogP contribution in [0.1, 0.15) is 31.4 Å². The summed E-state index contributed by atoms with van der Waals surface area (Å²) in [5.41, 5.74) is 1.32. The molecule has 2 atom stereocenters. The van der Waals surface area contributed by atoms with Crippen LogP contribution in [0.3, 0.4) is 0 Å². The maximum absolute atomic E-state index is 5.18. The van der Waals surface area contributed by atoms with Gasteiger partial charge >= 0.3 is 0 Å². The van der Waals surface area contributed by atoms with E-state index in [9.17, 15) is 0 Å². The second-order valence-electron chi connectivity index (χ2n) is 5.18. The Morgan fingerprint density at radius 3 is 2.67 bits per heavy atom. The molecule has 1 N–H and O–H groups in total. The lowest BCUT2D eigenvalue weighted by Crippen LogP contribution is -2.36. The third-order valence-electron chi connectivity index (χ3n) is 3.95. The number of nitrogens with one attached hydrogen (secondary N) is 1. The Morgan fingerprint density at radius 1 is 1.39 bits per heavy atom. The summed E-state index contributed by atoms with van der Waals surface area (Å²) < 4.78 is 5.18. The number of hydrogen-bond acceptors (Lipinski definition) is 3. The van der Waals surface area contributed by atoms with Crippen LogP contribution < -0.4 is 10.1 Å². The van der Waals surface area contributed by atoms with Gasteiger partial charge in [-0.05, 0) is 51.1 Å². The maximum atomic E-state index is 5.18. The molecule has 1 saturated heterocycles. The number of ether oxygens (including phenoxy) is 1. The lowest BCUT2D eigenvalue weighted by molar-refractivity contribution is 0.293. The van der Waals surface area contributed by atoms with Gasteiger partial charge in [-0.2, -0.15) is 0 Å². The SMILES string of the molecule is COc1ccc(C(C)NCC2CCCN2C)cc1. The van der Waals surface area contributed by atoms with Gasteiger partial charge in [-0.1, -0.05) is 12.1 Å². The standard InChI is InChI=1S/C15H24N2O/c1-12(13-6-8-15(18-3)9-7-13)16-11-14-5-4-10-17(14)2/h6-9,12,14,16H,4-5,10-11H2,1-3H3. The lowest BCUT2D eigenvalue weighted by Gasteiger charge is -2.22. The van der Waals surface area contributed by atoms with Crippen molar-refractivity contribution in [1.82, 2.24) is 10.2 Å². The van der Waals surface area contributed by atoms with Crippen LogP contribution in [-0.2, 0) is 0 Å². The van der Waals surface area contributed by atoms with Crippen molar-refractivity contribution >= 4 is 0 Å². The highest BCUT2D eigenvalue weighted by Crippen LogP contribution is 2.19. The molecule has 100 valence electrons. The molecule has 2 unspecified atom stereocenters. The predicted octanol–water partition coefficient (Wildman–Crippen LogP) is 2.44. The van der Waals surface area contributed by atoms with Gasteiger partial charge in [-0.25, -0.2) is 0 Å². The fourth-order valence-electron chi connectivity index (χ4n) is 2.56. The molecule has 3 heteroatoms. The summed E-state index contributed by atoms with van der Waals surface area (Å²) in [6.07, 6.45) is 2.65. The quantitative estimate of drug-likeness (QED) is 0.866. The van der Waals surface area contributed by atoms with E-state index in [-0.39, 0.29) is 0 Å². The smallest absolute Gasteiger partial charge is 0.118 e. The Bertz CT molecular complexity index is 363. The molecule has 0 saturated carbocycles. The Labute approximate surface area is 110 Å². The molecular weight excluding hydrogens is 224 g/mol. The minimum Gasteiger partial charge on any atom is -0.497 e. The topological polar surface area (TPSA) is 24.5 Å². The molecular formula is C15H24N2O. The summed E-state index contributed by atoms with van der Waals surface area (Å²) in [5, 5.41) is 3.63. The second-order valence-corrected chi connectivity index (χ2v) is 5.18. The van der Waals surface area contributed by atoms with E-state index < -0.39 is 0 Å². The van der Waals surface area contributed by atoms with Gasteiger partial charge in [-0.3, -0.25) is 0 Å². The number of likely N-dealkylation sites (tertiary alicyclic amines) is 1. The second kappa shape index (κ2) is 6.21. The molecule has 2 rings (SSSR count). The summed E-state index contributed by atoms with van der Waals surface area (Å²) >= 11 is 0. The van der Waals surface area contributed by atoms with Crippen molar-refractivity contribution in [3.63, 3.8) is 0 Å². The number of methoxy groups -OCH3 is 1. The van der Waals surface area contributed by atoms with Gasteiger partial charge in [0, 0.05) is 18.6 Å². The Hall–Kier alpha value is -1.06. The molecule has 0 aromatic heterocycles. The molecule has 1 heterocycles. The normalized spacial score (nSPS) is 22.1. The average Bonchev–Trinajstić information content (AvgIpc) is 2.81. The van der Waals surface area contributed by atoms with Crippen LogP contribution in [0.2, 0.25) is 0 Å². The van der Waals surface area contributed by atoms with Crippen LogP contribution in [0.15, 0.2) is 24.3 Å². The summed E-state index contributed by atoms with van der Waals surface area (Å²) in [6.45, 7) is 4.53. The monoisotopic (exact) mass is 248 g/mol. The van der Waals surface area contributed by atoms with Crippen molar-refractivity contribution in [2.45, 2.75) is 31.8 Å². The predicted molar refractivity (Wildman–Crippen MR) is 75.1 cm³/mol. The molecule has 0 radical (unpaired) electrons. The molecule has 0 bridgehead atoms. The molecule has 1 aliphatic rings. The van der Waals surface area contributed by atoms with Crippen molar-refractivity contribution in [3.8, 4) is 5.75 Å². The molecule has 1 aromatic rings. The molecule has 18 heavy (non-hydrogen) atoms. The van der Waals surface area contributed by atoms with Crippen LogP contribution in [0.5, 0.6) is 5.75 Å². The van der Waals surface area contributed by atoms with Gasteiger partial charge in [0.2, 0.25) is 0 Å². The van der Waals surface area contributed by atoms with Gasteiger partial charge in [0.15, 0.2) is 0 Å². The average molecular weight is 248 g/mol. The Kier molecular flexibility index (Phi) is 4.61. The van der Waals surface area contributed by atoms with E-state index in [0.29, 0.717) is 12.1 Å². The van der Waals surface area contributed by atoms with Crippen LogP contribution in [0, 0.1) is 0 Å². The highest BCUT2D eigenvalue weighted by Gasteiger charge is 2.20. The highest BCUT2D eigenvalue weighted by atomic mass is 16.5. The van der Waals surface area contributed by atoms with Gasteiger partial charge in [0.05, 0.1) is 7.11 Å². The fourth-order valence-corrected chi connectivity index (χ4v) is 2.56. The zero-order chi connectivity index (χ0) is 13.0. The summed E-state index contributed by atoms with van der Waals surface area (Å²) in [7, 11) is 3.92. The molecule has 1 fully saturated rings. The maximum Gasteiger partial charge on any atom is 0.118 e. The molecule has 0 spiro atoms. The van der Waals surface area contributed by atoms with Crippen LogP contribution in [-0.4, -0.2) is 38.2 Å². The minimum absolute atomic E-state index is 0.393. The third-order valence-corrected chi connectivity index (χ3v) is 3.95. The van der Waals surface area contributed by atoms with E-state index in [4.69, 9.17) is 4.74 Å². The van der Waals surface area contributed by atoms with E-state index in [1.54, 1.807) is 7.11 Å². The van der Waals surface area contributed by atoms with Gasteiger partial charge in [-0.15, -0.1) is 0 Å². The van der Waals surface area contributed by atoms with Crippen molar-refractivity contribution in [2.75, 3.05) is 27.2 Å². The molecule has 1 aromatic carbocycles. The lowest BCUT2D eigenvalue weighted by atomic mass is 10.1.